The van der Waals surface area contributed by atoms with Crippen LogP contribution in [0.4, 0.5) is 0 Å². The molecule has 3 aromatic rings. The third-order valence-corrected chi connectivity index (χ3v) is 2.70. The second-order valence-electron chi connectivity index (χ2n) is 3.77. The van der Waals surface area contributed by atoms with Crippen LogP contribution in [-0.2, 0) is 0 Å². The van der Waals surface area contributed by atoms with Gasteiger partial charge in [0.15, 0.2) is 6.20 Å². The number of benzene rings is 1. The van der Waals surface area contributed by atoms with Crippen LogP contribution in [0.5, 0.6) is 5.75 Å². The summed E-state index contributed by atoms with van der Waals surface area (Å²) in [5.41, 5.74) is 1.87. The van der Waals surface area contributed by atoms with Crippen LogP contribution in [0.15, 0.2) is 59.3 Å². The van der Waals surface area contributed by atoms with Gasteiger partial charge in [0.05, 0.1) is 13.2 Å². The zero-order valence-corrected chi connectivity index (χ0v) is 9.46. The minimum atomic E-state index is 0.832. The Morgan fingerprint density at radius 2 is 1.88 bits per heavy atom. The number of hydrogen-bond donors (Lipinski definition) is 0. The predicted octanol–water partition coefficient (Wildman–Crippen LogP) is 2.69. The van der Waals surface area contributed by atoms with E-state index >= 15 is 0 Å². The fourth-order valence-electron chi connectivity index (χ4n) is 1.79. The number of methoxy groups -OCH3 is 1. The summed E-state index contributed by atoms with van der Waals surface area (Å²) in [4.78, 5) is 0. The summed E-state index contributed by atoms with van der Waals surface area (Å²) in [7, 11) is 1.66. The van der Waals surface area contributed by atoms with Crippen LogP contribution < -0.4 is 9.14 Å². The molecule has 0 amide bonds. The van der Waals surface area contributed by atoms with E-state index in [9.17, 15) is 0 Å². The summed E-state index contributed by atoms with van der Waals surface area (Å²) in [6.07, 6.45) is 3.93. The van der Waals surface area contributed by atoms with E-state index < -0.39 is 0 Å². The molecule has 3 heteroatoms. The molecule has 0 spiro atoms. The van der Waals surface area contributed by atoms with Crippen molar-refractivity contribution in [2.24, 2.45) is 0 Å². The molecular weight excluding hydrogens is 214 g/mol. The average molecular weight is 226 g/mol. The summed E-state index contributed by atoms with van der Waals surface area (Å²) in [6.45, 7) is 0. The number of ether oxygens (including phenoxy) is 1. The zero-order valence-electron chi connectivity index (χ0n) is 9.46. The molecule has 0 atom stereocenters. The lowest BCUT2D eigenvalue weighted by atomic mass is 10.2. The first-order valence-electron chi connectivity index (χ1n) is 5.41. The van der Waals surface area contributed by atoms with Crippen molar-refractivity contribution in [1.82, 2.24) is 0 Å². The highest BCUT2D eigenvalue weighted by atomic mass is 16.5. The fraction of sp³-hybridized carbons (Fsp3) is 0.0714. The molecule has 0 saturated carbocycles. The number of nitrogens with zero attached hydrogens (tertiary/aromatic N) is 1. The topological polar surface area (TPSA) is 26.5 Å². The highest BCUT2D eigenvalue weighted by Gasteiger charge is 2.12. The summed E-state index contributed by atoms with van der Waals surface area (Å²) in [5.74, 6) is 1.69. The van der Waals surface area contributed by atoms with Gasteiger partial charge in [-0.3, -0.25) is 0 Å². The van der Waals surface area contributed by atoms with E-state index in [2.05, 4.69) is 0 Å². The standard InChI is InChI=1S/C14H12NO2/c1-16-12-7-5-11(6-8-12)13-10-15-9-3-2-4-14(15)17-13/h2-10H,1H3/q+1. The first-order valence-corrected chi connectivity index (χ1v) is 5.41. The van der Waals surface area contributed by atoms with Gasteiger partial charge >= 0.3 is 5.71 Å². The molecule has 0 radical (unpaired) electrons. The SMILES string of the molecule is COc1ccc(-c2c[n+]3ccccc3o2)cc1. The molecule has 0 saturated heterocycles. The average Bonchev–Trinajstić information content (AvgIpc) is 2.82. The molecule has 84 valence electrons. The summed E-state index contributed by atoms with van der Waals surface area (Å²) >= 11 is 0. The monoisotopic (exact) mass is 226 g/mol. The van der Waals surface area contributed by atoms with Gasteiger partial charge in [0.2, 0.25) is 12.0 Å². The fourth-order valence-corrected chi connectivity index (χ4v) is 1.79. The minimum absolute atomic E-state index is 0.832. The highest BCUT2D eigenvalue weighted by Crippen LogP contribution is 2.22. The number of aromatic nitrogens is 1. The molecule has 0 N–H and O–H groups in total. The molecule has 0 fully saturated rings. The lowest BCUT2D eigenvalue weighted by Crippen LogP contribution is -2.15. The number of fused-ring (bicyclic) bond motifs is 1. The summed E-state index contributed by atoms with van der Waals surface area (Å²) in [5, 5.41) is 0. The first kappa shape index (κ1) is 9.90. The van der Waals surface area contributed by atoms with E-state index in [0.29, 0.717) is 0 Å². The Labute approximate surface area is 98.9 Å². The Kier molecular flexibility index (Phi) is 2.29. The van der Waals surface area contributed by atoms with Crippen molar-refractivity contribution in [2.45, 2.75) is 0 Å². The van der Waals surface area contributed by atoms with E-state index in [4.69, 9.17) is 9.15 Å². The number of rotatable bonds is 2. The minimum Gasteiger partial charge on any atom is -0.497 e. The van der Waals surface area contributed by atoms with Crippen molar-refractivity contribution in [3.05, 3.63) is 54.9 Å². The van der Waals surface area contributed by atoms with Crippen molar-refractivity contribution in [3.63, 3.8) is 0 Å². The first-order chi connectivity index (χ1) is 8.36. The van der Waals surface area contributed by atoms with Crippen LogP contribution in [0.25, 0.3) is 17.0 Å². The van der Waals surface area contributed by atoms with Crippen molar-refractivity contribution in [1.29, 1.82) is 0 Å². The van der Waals surface area contributed by atoms with Crippen LogP contribution in [0, 0.1) is 0 Å². The number of pyridine rings is 1. The molecule has 0 aliphatic heterocycles. The Morgan fingerprint density at radius 3 is 2.59 bits per heavy atom. The number of hydrogen-bond acceptors (Lipinski definition) is 2. The van der Waals surface area contributed by atoms with Crippen molar-refractivity contribution >= 4 is 5.71 Å². The normalized spacial score (nSPS) is 10.6. The Hall–Kier alpha value is -2.29. The molecule has 0 unspecified atom stereocenters. The van der Waals surface area contributed by atoms with E-state index in [1.807, 2.05) is 59.3 Å². The Bertz CT molecular complexity index is 608. The molecule has 17 heavy (non-hydrogen) atoms. The van der Waals surface area contributed by atoms with Crippen LogP contribution in [0.3, 0.4) is 0 Å². The van der Waals surface area contributed by atoms with Gasteiger partial charge in [0, 0.05) is 11.6 Å². The van der Waals surface area contributed by atoms with Gasteiger partial charge in [-0.05, 0) is 30.3 Å². The lowest BCUT2D eigenvalue weighted by Gasteiger charge is -1.98. The maximum atomic E-state index is 5.75. The van der Waals surface area contributed by atoms with E-state index in [1.54, 1.807) is 7.11 Å². The van der Waals surface area contributed by atoms with Gasteiger partial charge in [-0.25, -0.2) is 0 Å². The van der Waals surface area contributed by atoms with E-state index in [1.165, 1.54) is 0 Å². The Balaban J connectivity index is 2.07. The maximum absolute atomic E-state index is 5.75. The summed E-state index contributed by atoms with van der Waals surface area (Å²) in [6, 6.07) is 13.7. The van der Waals surface area contributed by atoms with Gasteiger partial charge in [-0.1, -0.05) is 0 Å². The molecule has 3 nitrogen and oxygen atoms in total. The van der Waals surface area contributed by atoms with Gasteiger partial charge in [-0.15, -0.1) is 4.40 Å². The summed E-state index contributed by atoms with van der Waals surface area (Å²) < 4.78 is 12.8. The zero-order chi connectivity index (χ0) is 11.7. The predicted molar refractivity (Wildman–Crippen MR) is 63.9 cm³/mol. The quantitative estimate of drug-likeness (QED) is 0.628. The second kappa shape index (κ2) is 3.94. The molecule has 2 aromatic heterocycles. The lowest BCUT2D eigenvalue weighted by molar-refractivity contribution is -0.513. The van der Waals surface area contributed by atoms with Gasteiger partial charge < -0.3 is 9.15 Å². The smallest absolute Gasteiger partial charge is 0.379 e. The van der Waals surface area contributed by atoms with Crippen LogP contribution in [0.2, 0.25) is 0 Å². The molecule has 2 heterocycles. The molecule has 0 aliphatic carbocycles. The largest absolute Gasteiger partial charge is 0.497 e. The van der Waals surface area contributed by atoms with Crippen molar-refractivity contribution in [3.8, 4) is 17.1 Å². The molecular formula is C14H12NO2+. The van der Waals surface area contributed by atoms with Crippen molar-refractivity contribution < 1.29 is 13.6 Å². The van der Waals surface area contributed by atoms with Gasteiger partial charge in [0.1, 0.15) is 5.75 Å². The van der Waals surface area contributed by atoms with E-state index in [0.717, 1.165) is 22.8 Å². The van der Waals surface area contributed by atoms with E-state index in [-0.39, 0.29) is 0 Å². The van der Waals surface area contributed by atoms with Gasteiger partial charge in [0.25, 0.3) is 0 Å². The highest BCUT2D eigenvalue weighted by molar-refractivity contribution is 5.58. The van der Waals surface area contributed by atoms with Crippen LogP contribution in [-0.4, -0.2) is 7.11 Å². The molecule has 1 aromatic carbocycles. The second-order valence-corrected chi connectivity index (χ2v) is 3.77. The van der Waals surface area contributed by atoms with Crippen LogP contribution >= 0.6 is 0 Å². The molecule has 3 rings (SSSR count). The van der Waals surface area contributed by atoms with Crippen LogP contribution in [0.1, 0.15) is 0 Å². The Morgan fingerprint density at radius 1 is 1.06 bits per heavy atom. The maximum Gasteiger partial charge on any atom is 0.379 e. The van der Waals surface area contributed by atoms with Gasteiger partial charge in [-0.2, -0.15) is 0 Å². The third kappa shape index (κ3) is 1.76. The molecule has 0 bridgehead atoms. The molecule has 0 aliphatic rings. The number of oxazole rings is 1. The van der Waals surface area contributed by atoms with Crippen molar-refractivity contribution in [2.75, 3.05) is 7.11 Å². The third-order valence-electron chi connectivity index (χ3n) is 2.70.